The summed E-state index contributed by atoms with van der Waals surface area (Å²) >= 11 is 6.58. The van der Waals surface area contributed by atoms with Gasteiger partial charge >= 0.3 is 6.18 Å². The van der Waals surface area contributed by atoms with E-state index in [-0.39, 0.29) is 9.72 Å². The molecule has 1 heterocycles. The summed E-state index contributed by atoms with van der Waals surface area (Å²) in [6, 6.07) is 4.51. The summed E-state index contributed by atoms with van der Waals surface area (Å²) in [6.07, 6.45) is -4.39. The first-order valence-corrected chi connectivity index (χ1v) is 4.99. The smallest absolute Gasteiger partial charge is 0.166 e. The van der Waals surface area contributed by atoms with E-state index in [0.29, 0.717) is 5.39 Å². The van der Waals surface area contributed by atoms with Gasteiger partial charge in [-0.1, -0.05) is 17.7 Å². The van der Waals surface area contributed by atoms with Crippen molar-refractivity contribution in [2.45, 2.75) is 6.18 Å². The third-order valence-electron chi connectivity index (χ3n) is 1.85. The standard InChI is InChI=1S/C9H4ClF3S/c10-6-2-1-5-3-4-14-8(5)7(6)9(11,12)13/h1-4H. The molecule has 0 N–H and O–H groups in total. The van der Waals surface area contributed by atoms with Gasteiger partial charge in [-0.2, -0.15) is 13.2 Å². The lowest BCUT2D eigenvalue weighted by Crippen LogP contribution is -2.05. The number of hydrogen-bond donors (Lipinski definition) is 0. The first-order valence-electron chi connectivity index (χ1n) is 3.73. The van der Waals surface area contributed by atoms with Gasteiger partial charge in [-0.15, -0.1) is 11.3 Å². The zero-order valence-corrected chi connectivity index (χ0v) is 8.30. The fourth-order valence-corrected chi connectivity index (χ4v) is 2.56. The second-order valence-electron chi connectivity index (χ2n) is 2.76. The Morgan fingerprint density at radius 3 is 2.50 bits per heavy atom. The Bertz CT molecular complexity index is 472. The number of hydrogen-bond acceptors (Lipinski definition) is 1. The molecule has 0 spiro atoms. The molecule has 0 amide bonds. The van der Waals surface area contributed by atoms with E-state index >= 15 is 0 Å². The number of alkyl halides is 3. The van der Waals surface area contributed by atoms with Crippen molar-refractivity contribution in [3.8, 4) is 0 Å². The highest BCUT2D eigenvalue weighted by molar-refractivity contribution is 7.17. The van der Waals surface area contributed by atoms with Crippen molar-refractivity contribution >= 4 is 33.0 Å². The second kappa shape index (κ2) is 3.14. The quantitative estimate of drug-likeness (QED) is 0.628. The van der Waals surface area contributed by atoms with E-state index in [4.69, 9.17) is 11.6 Å². The van der Waals surface area contributed by atoms with Gasteiger partial charge in [0.2, 0.25) is 0 Å². The molecule has 0 saturated carbocycles. The Labute approximate surface area is 86.9 Å². The lowest BCUT2D eigenvalue weighted by molar-refractivity contribution is -0.136. The van der Waals surface area contributed by atoms with Crippen LogP contribution in [0.15, 0.2) is 23.6 Å². The summed E-state index contributed by atoms with van der Waals surface area (Å²) in [5.41, 5.74) is -0.730. The van der Waals surface area contributed by atoms with E-state index in [0.717, 1.165) is 11.3 Å². The molecule has 0 nitrogen and oxygen atoms in total. The van der Waals surface area contributed by atoms with Crippen LogP contribution in [0.2, 0.25) is 5.02 Å². The van der Waals surface area contributed by atoms with Crippen molar-refractivity contribution in [2.24, 2.45) is 0 Å². The van der Waals surface area contributed by atoms with Crippen LogP contribution < -0.4 is 0 Å². The number of fused-ring (bicyclic) bond motifs is 1. The predicted octanol–water partition coefficient (Wildman–Crippen LogP) is 4.57. The van der Waals surface area contributed by atoms with Gasteiger partial charge in [-0.3, -0.25) is 0 Å². The van der Waals surface area contributed by atoms with Gasteiger partial charge in [-0.05, 0) is 22.9 Å². The largest absolute Gasteiger partial charge is 0.419 e. The zero-order valence-electron chi connectivity index (χ0n) is 6.73. The Hall–Kier alpha value is -0.740. The maximum absolute atomic E-state index is 12.6. The first kappa shape index (κ1) is 9.80. The molecule has 1 aromatic carbocycles. The molecule has 0 fully saturated rings. The first-order chi connectivity index (χ1) is 6.50. The highest BCUT2D eigenvalue weighted by Gasteiger charge is 2.35. The molecule has 74 valence electrons. The van der Waals surface area contributed by atoms with Gasteiger partial charge in [0.05, 0.1) is 10.6 Å². The van der Waals surface area contributed by atoms with E-state index in [1.54, 1.807) is 17.5 Å². The monoisotopic (exact) mass is 236 g/mol. The van der Waals surface area contributed by atoms with Gasteiger partial charge < -0.3 is 0 Å². The predicted molar refractivity (Wildman–Crippen MR) is 51.8 cm³/mol. The maximum atomic E-state index is 12.6. The van der Waals surface area contributed by atoms with Gasteiger partial charge in [0, 0.05) is 4.70 Å². The molecule has 5 heteroatoms. The Kier molecular flexibility index (Phi) is 2.20. The minimum Gasteiger partial charge on any atom is -0.166 e. The summed E-state index contributed by atoms with van der Waals surface area (Å²) in [5, 5.41) is 1.95. The van der Waals surface area contributed by atoms with Crippen molar-refractivity contribution in [3.63, 3.8) is 0 Å². The highest BCUT2D eigenvalue weighted by Crippen LogP contribution is 2.41. The van der Waals surface area contributed by atoms with Crippen LogP contribution in [-0.4, -0.2) is 0 Å². The van der Waals surface area contributed by atoms with Crippen molar-refractivity contribution in [3.05, 3.63) is 34.2 Å². The van der Waals surface area contributed by atoms with E-state index in [1.807, 2.05) is 0 Å². The van der Waals surface area contributed by atoms with Crippen LogP contribution in [0.3, 0.4) is 0 Å². The molecule has 1 aromatic heterocycles. The van der Waals surface area contributed by atoms with Crippen LogP contribution in [0.5, 0.6) is 0 Å². The van der Waals surface area contributed by atoms with Crippen LogP contribution in [0.4, 0.5) is 13.2 Å². The topological polar surface area (TPSA) is 0 Å². The van der Waals surface area contributed by atoms with E-state index in [2.05, 4.69) is 0 Å². The van der Waals surface area contributed by atoms with Gasteiger partial charge in [0.15, 0.2) is 0 Å². The third kappa shape index (κ3) is 1.48. The minimum atomic E-state index is -4.39. The van der Waals surface area contributed by atoms with Gasteiger partial charge in [0.25, 0.3) is 0 Å². The van der Waals surface area contributed by atoms with E-state index < -0.39 is 11.7 Å². The Balaban J connectivity index is 2.83. The Morgan fingerprint density at radius 2 is 1.86 bits per heavy atom. The summed E-state index contributed by atoms with van der Waals surface area (Å²) in [4.78, 5) is 0. The molecule has 0 atom stereocenters. The molecule has 0 bridgehead atoms. The minimum absolute atomic E-state index is 0.199. The van der Waals surface area contributed by atoms with Crippen molar-refractivity contribution in [1.82, 2.24) is 0 Å². The van der Waals surface area contributed by atoms with Gasteiger partial charge in [0.1, 0.15) is 0 Å². The molecule has 0 saturated heterocycles. The van der Waals surface area contributed by atoms with Crippen LogP contribution in [0, 0.1) is 0 Å². The van der Waals surface area contributed by atoms with E-state index in [1.165, 1.54) is 6.07 Å². The highest BCUT2D eigenvalue weighted by atomic mass is 35.5. The molecule has 0 aliphatic carbocycles. The van der Waals surface area contributed by atoms with Gasteiger partial charge in [-0.25, -0.2) is 0 Å². The average Bonchev–Trinajstić information content (AvgIpc) is 2.48. The van der Waals surface area contributed by atoms with Crippen molar-refractivity contribution < 1.29 is 13.2 Å². The Morgan fingerprint density at radius 1 is 1.14 bits per heavy atom. The number of benzene rings is 1. The number of thiophene rings is 1. The fraction of sp³-hybridized carbons (Fsp3) is 0.111. The molecular formula is C9H4ClF3S. The molecule has 2 aromatic rings. The normalized spacial score (nSPS) is 12.3. The van der Waals surface area contributed by atoms with Crippen LogP contribution in [0.1, 0.15) is 5.56 Å². The molecule has 0 radical (unpaired) electrons. The molecule has 0 aliphatic heterocycles. The summed E-state index contributed by atoms with van der Waals surface area (Å²) in [7, 11) is 0. The third-order valence-corrected chi connectivity index (χ3v) is 3.12. The second-order valence-corrected chi connectivity index (χ2v) is 4.08. The molecule has 0 aliphatic rings. The summed E-state index contributed by atoms with van der Waals surface area (Å²) in [5.74, 6) is 0. The van der Waals surface area contributed by atoms with Crippen LogP contribution in [-0.2, 0) is 6.18 Å². The molecule has 14 heavy (non-hydrogen) atoms. The zero-order chi connectivity index (χ0) is 10.3. The SMILES string of the molecule is FC(F)(F)c1c(Cl)ccc2ccsc12. The van der Waals surface area contributed by atoms with E-state index in [9.17, 15) is 13.2 Å². The average molecular weight is 237 g/mol. The molecular weight excluding hydrogens is 233 g/mol. The lowest BCUT2D eigenvalue weighted by Gasteiger charge is -2.09. The maximum Gasteiger partial charge on any atom is 0.419 e. The van der Waals surface area contributed by atoms with Crippen molar-refractivity contribution in [2.75, 3.05) is 0 Å². The summed E-state index contributed by atoms with van der Waals surface area (Å²) in [6.45, 7) is 0. The number of rotatable bonds is 0. The van der Waals surface area contributed by atoms with Crippen molar-refractivity contribution in [1.29, 1.82) is 0 Å². The molecule has 0 unspecified atom stereocenters. The fourth-order valence-electron chi connectivity index (χ4n) is 1.27. The molecule has 2 rings (SSSR count). The summed E-state index contributed by atoms with van der Waals surface area (Å²) < 4.78 is 37.9. The van der Waals surface area contributed by atoms with Crippen LogP contribution in [0.25, 0.3) is 10.1 Å². The number of halogens is 4. The van der Waals surface area contributed by atoms with Crippen LogP contribution >= 0.6 is 22.9 Å². The lowest BCUT2D eigenvalue weighted by atomic mass is 10.1.